The number of carbonyl (C=O) groups excluding carboxylic acids is 1. The van der Waals surface area contributed by atoms with Crippen molar-refractivity contribution in [2.75, 3.05) is 6.54 Å². The van der Waals surface area contributed by atoms with Crippen LogP contribution in [0.25, 0.3) is 0 Å². The lowest BCUT2D eigenvalue weighted by molar-refractivity contribution is -0.132. The molecule has 1 aliphatic rings. The Morgan fingerprint density at radius 1 is 1.37 bits per heavy atom. The van der Waals surface area contributed by atoms with E-state index in [-0.39, 0.29) is 5.91 Å². The molecule has 1 fully saturated rings. The molecule has 1 amide bonds. The average molecular weight is 258 g/mol. The smallest absolute Gasteiger partial charge is 0.229 e. The van der Waals surface area contributed by atoms with Crippen molar-refractivity contribution in [3.8, 4) is 0 Å². The van der Waals surface area contributed by atoms with Crippen molar-refractivity contribution in [3.63, 3.8) is 0 Å². The second-order valence-electron chi connectivity index (χ2n) is 5.12. The molecule has 0 radical (unpaired) electrons. The first kappa shape index (κ1) is 13.8. The molecule has 0 N–H and O–H groups in total. The van der Waals surface area contributed by atoms with Crippen LogP contribution in [0.3, 0.4) is 0 Å². The van der Waals surface area contributed by atoms with Gasteiger partial charge in [-0.3, -0.25) is 9.78 Å². The lowest BCUT2D eigenvalue weighted by Gasteiger charge is -2.33. The van der Waals surface area contributed by atoms with E-state index in [1.807, 2.05) is 29.2 Å². The van der Waals surface area contributed by atoms with Gasteiger partial charge in [-0.2, -0.15) is 0 Å². The third-order valence-electron chi connectivity index (χ3n) is 3.72. The third-order valence-corrected chi connectivity index (χ3v) is 3.72. The van der Waals surface area contributed by atoms with Gasteiger partial charge < -0.3 is 4.90 Å². The van der Waals surface area contributed by atoms with Crippen LogP contribution in [0, 0.1) is 0 Å². The summed E-state index contributed by atoms with van der Waals surface area (Å²) in [6.45, 7) is 4.42. The van der Waals surface area contributed by atoms with Crippen LogP contribution < -0.4 is 0 Å². The fraction of sp³-hybridized carbons (Fsp3) is 0.500. The van der Waals surface area contributed by atoms with Crippen LogP contribution in [0.5, 0.6) is 0 Å². The van der Waals surface area contributed by atoms with Crippen LogP contribution in [0.1, 0.15) is 37.8 Å². The molecule has 1 aliphatic carbocycles. The van der Waals surface area contributed by atoms with Gasteiger partial charge in [-0.25, -0.2) is 0 Å². The molecule has 1 heterocycles. The standard InChI is InChI=1S/C16H22N2O/c1-2-12-18(15-9-4-3-5-10-15)16(19)13-14-8-6-7-11-17-14/h2,6-8,11,15H,1,3-5,9-10,12-13H2. The van der Waals surface area contributed by atoms with E-state index in [0.29, 0.717) is 19.0 Å². The molecule has 0 aliphatic heterocycles. The molecular formula is C16H22N2O. The van der Waals surface area contributed by atoms with E-state index >= 15 is 0 Å². The van der Waals surface area contributed by atoms with Gasteiger partial charge >= 0.3 is 0 Å². The zero-order valence-corrected chi connectivity index (χ0v) is 11.4. The van der Waals surface area contributed by atoms with Crippen molar-refractivity contribution >= 4 is 5.91 Å². The van der Waals surface area contributed by atoms with E-state index in [0.717, 1.165) is 18.5 Å². The van der Waals surface area contributed by atoms with Gasteiger partial charge in [-0.15, -0.1) is 6.58 Å². The summed E-state index contributed by atoms with van der Waals surface area (Å²) < 4.78 is 0. The third kappa shape index (κ3) is 3.91. The SMILES string of the molecule is C=CCN(C(=O)Cc1ccccn1)C1CCCCC1. The van der Waals surface area contributed by atoms with Crippen molar-refractivity contribution in [3.05, 3.63) is 42.7 Å². The molecule has 102 valence electrons. The average Bonchev–Trinajstić information content (AvgIpc) is 2.46. The van der Waals surface area contributed by atoms with Crippen molar-refractivity contribution in [2.24, 2.45) is 0 Å². The van der Waals surface area contributed by atoms with E-state index in [1.54, 1.807) is 6.20 Å². The van der Waals surface area contributed by atoms with Gasteiger partial charge in [0.1, 0.15) is 0 Å². The van der Waals surface area contributed by atoms with E-state index in [2.05, 4.69) is 11.6 Å². The van der Waals surface area contributed by atoms with Crippen LogP contribution in [0.15, 0.2) is 37.1 Å². The Morgan fingerprint density at radius 3 is 2.79 bits per heavy atom. The zero-order valence-electron chi connectivity index (χ0n) is 11.4. The fourth-order valence-corrected chi connectivity index (χ4v) is 2.75. The molecule has 0 saturated heterocycles. The topological polar surface area (TPSA) is 33.2 Å². The normalized spacial score (nSPS) is 16.0. The summed E-state index contributed by atoms with van der Waals surface area (Å²) in [4.78, 5) is 18.7. The highest BCUT2D eigenvalue weighted by atomic mass is 16.2. The lowest BCUT2D eigenvalue weighted by atomic mass is 9.94. The summed E-state index contributed by atoms with van der Waals surface area (Å²) in [7, 11) is 0. The molecule has 1 aromatic heterocycles. The van der Waals surface area contributed by atoms with Crippen LogP contribution in [-0.2, 0) is 11.2 Å². The van der Waals surface area contributed by atoms with Gasteiger partial charge in [0.15, 0.2) is 0 Å². The number of carbonyl (C=O) groups is 1. The number of aromatic nitrogens is 1. The first-order valence-corrected chi connectivity index (χ1v) is 7.11. The van der Waals surface area contributed by atoms with Crippen molar-refractivity contribution in [1.29, 1.82) is 0 Å². The van der Waals surface area contributed by atoms with Gasteiger partial charge in [0.2, 0.25) is 5.91 Å². The maximum absolute atomic E-state index is 12.4. The molecule has 0 atom stereocenters. The number of rotatable bonds is 5. The van der Waals surface area contributed by atoms with Gasteiger partial charge in [0.25, 0.3) is 0 Å². The predicted molar refractivity (Wildman–Crippen MR) is 76.7 cm³/mol. The minimum Gasteiger partial charge on any atom is -0.336 e. The summed E-state index contributed by atoms with van der Waals surface area (Å²) in [5.74, 6) is 0.172. The van der Waals surface area contributed by atoms with Crippen LogP contribution >= 0.6 is 0 Å². The molecule has 1 saturated carbocycles. The molecule has 3 nitrogen and oxygen atoms in total. The van der Waals surface area contributed by atoms with Crippen molar-refractivity contribution in [2.45, 2.75) is 44.6 Å². The molecule has 0 bridgehead atoms. The number of amides is 1. The monoisotopic (exact) mass is 258 g/mol. The Kier molecular flexibility index (Phi) is 5.13. The second-order valence-corrected chi connectivity index (χ2v) is 5.12. The van der Waals surface area contributed by atoms with Gasteiger partial charge in [0, 0.05) is 24.5 Å². The van der Waals surface area contributed by atoms with Crippen molar-refractivity contribution in [1.82, 2.24) is 9.88 Å². The quantitative estimate of drug-likeness (QED) is 0.761. The molecule has 3 heteroatoms. The molecule has 19 heavy (non-hydrogen) atoms. The molecule has 0 spiro atoms. The summed E-state index contributed by atoms with van der Waals surface area (Å²) >= 11 is 0. The molecule has 1 aromatic rings. The number of nitrogens with zero attached hydrogens (tertiary/aromatic N) is 2. The molecule has 0 aromatic carbocycles. The van der Waals surface area contributed by atoms with E-state index in [4.69, 9.17) is 0 Å². The largest absolute Gasteiger partial charge is 0.336 e. The first-order valence-electron chi connectivity index (χ1n) is 7.11. The van der Waals surface area contributed by atoms with E-state index in [1.165, 1.54) is 19.3 Å². The highest BCUT2D eigenvalue weighted by molar-refractivity contribution is 5.78. The highest BCUT2D eigenvalue weighted by Crippen LogP contribution is 2.23. The molecule has 0 unspecified atom stereocenters. The maximum atomic E-state index is 12.4. The summed E-state index contributed by atoms with van der Waals surface area (Å²) in [6, 6.07) is 6.10. The van der Waals surface area contributed by atoms with Crippen LogP contribution in [-0.4, -0.2) is 28.4 Å². The number of hydrogen-bond donors (Lipinski definition) is 0. The Morgan fingerprint density at radius 2 is 2.16 bits per heavy atom. The Bertz CT molecular complexity index is 410. The summed E-state index contributed by atoms with van der Waals surface area (Å²) in [6.07, 6.45) is 9.97. The predicted octanol–water partition coefficient (Wildman–Crippen LogP) is 2.97. The fourth-order valence-electron chi connectivity index (χ4n) is 2.75. The van der Waals surface area contributed by atoms with Crippen molar-refractivity contribution < 1.29 is 4.79 Å². The number of hydrogen-bond acceptors (Lipinski definition) is 2. The Hall–Kier alpha value is -1.64. The van der Waals surface area contributed by atoms with Gasteiger partial charge in [0.05, 0.1) is 6.42 Å². The van der Waals surface area contributed by atoms with E-state index in [9.17, 15) is 4.79 Å². The zero-order chi connectivity index (χ0) is 13.5. The van der Waals surface area contributed by atoms with Gasteiger partial charge in [-0.05, 0) is 25.0 Å². The minimum absolute atomic E-state index is 0.172. The minimum atomic E-state index is 0.172. The van der Waals surface area contributed by atoms with Crippen LogP contribution in [0.4, 0.5) is 0 Å². The number of pyridine rings is 1. The lowest BCUT2D eigenvalue weighted by Crippen LogP contribution is -2.42. The first-order chi connectivity index (χ1) is 9.31. The second kappa shape index (κ2) is 7.07. The summed E-state index contributed by atoms with van der Waals surface area (Å²) in [5.41, 5.74) is 0.845. The summed E-state index contributed by atoms with van der Waals surface area (Å²) in [5, 5.41) is 0. The van der Waals surface area contributed by atoms with Crippen LogP contribution in [0.2, 0.25) is 0 Å². The van der Waals surface area contributed by atoms with Gasteiger partial charge in [-0.1, -0.05) is 31.4 Å². The molecule has 2 rings (SSSR count). The molecular weight excluding hydrogens is 236 g/mol. The highest BCUT2D eigenvalue weighted by Gasteiger charge is 2.24. The Balaban J connectivity index is 2.01. The Labute approximate surface area is 115 Å². The maximum Gasteiger partial charge on any atom is 0.229 e. The van der Waals surface area contributed by atoms with E-state index < -0.39 is 0 Å².